The molecular formula is C15H15N3O. The first-order valence-corrected chi connectivity index (χ1v) is 6.20. The van der Waals surface area contributed by atoms with E-state index >= 15 is 0 Å². The minimum atomic E-state index is 0.601. The molecule has 0 saturated heterocycles. The van der Waals surface area contributed by atoms with E-state index in [1.165, 1.54) is 0 Å². The Kier molecular flexibility index (Phi) is 3.06. The highest BCUT2D eigenvalue weighted by atomic mass is 16.5. The number of anilines is 1. The van der Waals surface area contributed by atoms with E-state index in [9.17, 15) is 0 Å². The van der Waals surface area contributed by atoms with Gasteiger partial charge in [0, 0.05) is 28.9 Å². The topological polar surface area (TPSA) is 53.1 Å². The van der Waals surface area contributed by atoms with Gasteiger partial charge >= 0.3 is 0 Å². The molecule has 19 heavy (non-hydrogen) atoms. The van der Waals surface area contributed by atoms with Gasteiger partial charge in [0.1, 0.15) is 12.4 Å². The third-order valence-corrected chi connectivity index (χ3v) is 3.08. The number of nitrogens with zero attached hydrogens (tertiary/aromatic N) is 2. The van der Waals surface area contributed by atoms with Crippen LogP contribution < -0.4 is 10.5 Å². The molecule has 0 fully saturated rings. The molecule has 0 aliphatic carbocycles. The summed E-state index contributed by atoms with van der Waals surface area (Å²) >= 11 is 0. The molecule has 0 radical (unpaired) electrons. The largest absolute Gasteiger partial charge is 0.491 e. The molecule has 2 aromatic carbocycles. The molecular weight excluding hydrogens is 238 g/mol. The van der Waals surface area contributed by atoms with Crippen LogP contribution in [0, 0.1) is 0 Å². The third kappa shape index (κ3) is 2.38. The Hall–Kier alpha value is -2.49. The molecule has 3 rings (SSSR count). The number of ether oxygens (including phenoxy) is 1. The van der Waals surface area contributed by atoms with E-state index in [-0.39, 0.29) is 0 Å². The lowest BCUT2D eigenvalue weighted by Crippen LogP contribution is -2.06. The van der Waals surface area contributed by atoms with Gasteiger partial charge < -0.3 is 15.0 Å². The van der Waals surface area contributed by atoms with Gasteiger partial charge in [-0.2, -0.15) is 0 Å². The van der Waals surface area contributed by atoms with E-state index in [0.29, 0.717) is 6.61 Å². The van der Waals surface area contributed by atoms with Crippen LogP contribution in [0.1, 0.15) is 0 Å². The van der Waals surface area contributed by atoms with Crippen molar-refractivity contribution in [2.45, 2.75) is 6.54 Å². The molecule has 0 unspecified atom stereocenters. The van der Waals surface area contributed by atoms with Crippen LogP contribution in [0.15, 0.2) is 55.1 Å². The van der Waals surface area contributed by atoms with Gasteiger partial charge in [0.2, 0.25) is 0 Å². The normalized spacial score (nSPS) is 10.7. The van der Waals surface area contributed by atoms with Crippen LogP contribution in [-0.2, 0) is 6.54 Å². The van der Waals surface area contributed by atoms with Gasteiger partial charge in [-0.05, 0) is 12.1 Å². The molecule has 1 heterocycles. The molecule has 0 aliphatic heterocycles. The maximum Gasteiger partial charge on any atom is 0.127 e. The lowest BCUT2D eigenvalue weighted by molar-refractivity contribution is 0.301. The van der Waals surface area contributed by atoms with Crippen LogP contribution in [0.2, 0.25) is 0 Å². The molecule has 2 N–H and O–H groups in total. The lowest BCUT2D eigenvalue weighted by atomic mass is 10.1. The van der Waals surface area contributed by atoms with Gasteiger partial charge in [-0.3, -0.25) is 0 Å². The van der Waals surface area contributed by atoms with E-state index < -0.39 is 0 Å². The minimum Gasteiger partial charge on any atom is -0.491 e. The molecule has 96 valence electrons. The number of nitrogens with two attached hydrogens (primary N) is 1. The summed E-state index contributed by atoms with van der Waals surface area (Å²) in [5, 5.41) is 2.08. The van der Waals surface area contributed by atoms with Crippen molar-refractivity contribution in [2.75, 3.05) is 12.3 Å². The second-order valence-electron chi connectivity index (χ2n) is 4.35. The molecule has 1 aromatic heterocycles. The molecule has 0 amide bonds. The first-order chi connectivity index (χ1) is 9.34. The number of hydrogen-bond donors (Lipinski definition) is 1. The van der Waals surface area contributed by atoms with Crippen LogP contribution in [-0.4, -0.2) is 16.2 Å². The predicted molar refractivity (Wildman–Crippen MR) is 76.1 cm³/mol. The average Bonchev–Trinajstić information content (AvgIpc) is 2.95. The first kappa shape index (κ1) is 11.6. The van der Waals surface area contributed by atoms with E-state index in [1.807, 2.05) is 47.2 Å². The van der Waals surface area contributed by atoms with Crippen LogP contribution in [0.3, 0.4) is 0 Å². The fourth-order valence-corrected chi connectivity index (χ4v) is 2.10. The first-order valence-electron chi connectivity index (χ1n) is 6.20. The van der Waals surface area contributed by atoms with Crippen molar-refractivity contribution < 1.29 is 4.74 Å². The van der Waals surface area contributed by atoms with Crippen molar-refractivity contribution in [3.63, 3.8) is 0 Å². The summed E-state index contributed by atoms with van der Waals surface area (Å²) in [5.74, 6) is 0.866. The highest BCUT2D eigenvalue weighted by Crippen LogP contribution is 2.29. The number of aromatic nitrogens is 2. The quantitative estimate of drug-likeness (QED) is 0.727. The molecule has 4 heteroatoms. The highest BCUT2D eigenvalue weighted by Gasteiger charge is 2.04. The summed E-state index contributed by atoms with van der Waals surface area (Å²) < 4.78 is 7.83. The maximum atomic E-state index is 5.96. The summed E-state index contributed by atoms with van der Waals surface area (Å²) in [6.45, 7) is 1.38. The molecule has 0 bridgehead atoms. The number of nitrogen functional groups attached to an aromatic ring is 1. The van der Waals surface area contributed by atoms with Gasteiger partial charge in [0.25, 0.3) is 0 Å². The zero-order valence-corrected chi connectivity index (χ0v) is 10.5. The maximum absolute atomic E-state index is 5.96. The summed E-state index contributed by atoms with van der Waals surface area (Å²) in [7, 11) is 0. The van der Waals surface area contributed by atoms with Crippen LogP contribution in [0.5, 0.6) is 5.75 Å². The zero-order valence-electron chi connectivity index (χ0n) is 10.5. The zero-order chi connectivity index (χ0) is 13.1. The molecule has 0 aliphatic rings. The SMILES string of the molecule is Nc1ccc(OCCn2ccnc2)c2ccccc12. The van der Waals surface area contributed by atoms with Gasteiger partial charge in [-0.1, -0.05) is 24.3 Å². The summed E-state index contributed by atoms with van der Waals surface area (Å²) in [5.41, 5.74) is 6.74. The van der Waals surface area contributed by atoms with E-state index in [2.05, 4.69) is 4.98 Å². The van der Waals surface area contributed by atoms with Crippen molar-refractivity contribution >= 4 is 16.5 Å². The van der Waals surface area contributed by atoms with E-state index in [0.717, 1.165) is 28.8 Å². The Balaban J connectivity index is 1.79. The highest BCUT2D eigenvalue weighted by molar-refractivity contribution is 5.96. The Morgan fingerprint density at radius 1 is 1.11 bits per heavy atom. The Bertz CT molecular complexity index is 677. The van der Waals surface area contributed by atoms with Crippen molar-refractivity contribution in [1.29, 1.82) is 0 Å². The number of rotatable bonds is 4. The fraction of sp³-hybridized carbons (Fsp3) is 0.133. The van der Waals surface area contributed by atoms with Crippen LogP contribution in [0.25, 0.3) is 10.8 Å². The molecule has 0 saturated carbocycles. The Morgan fingerprint density at radius 2 is 1.95 bits per heavy atom. The average molecular weight is 253 g/mol. The Morgan fingerprint density at radius 3 is 2.74 bits per heavy atom. The second kappa shape index (κ2) is 5.02. The third-order valence-electron chi connectivity index (χ3n) is 3.08. The molecule has 4 nitrogen and oxygen atoms in total. The van der Waals surface area contributed by atoms with Crippen LogP contribution in [0.4, 0.5) is 5.69 Å². The summed E-state index contributed by atoms with van der Waals surface area (Å²) in [4.78, 5) is 4.00. The number of hydrogen-bond acceptors (Lipinski definition) is 3. The number of imidazole rings is 1. The number of benzene rings is 2. The standard InChI is InChI=1S/C15H15N3O/c16-14-5-6-15(13-4-2-1-3-12(13)14)19-10-9-18-8-7-17-11-18/h1-8,11H,9-10,16H2. The number of fused-ring (bicyclic) bond motifs is 1. The van der Waals surface area contributed by atoms with Crippen molar-refractivity contribution in [3.8, 4) is 5.75 Å². The molecule has 0 atom stereocenters. The van der Waals surface area contributed by atoms with Crippen molar-refractivity contribution in [2.24, 2.45) is 0 Å². The van der Waals surface area contributed by atoms with Gasteiger partial charge in [0.05, 0.1) is 12.9 Å². The van der Waals surface area contributed by atoms with Gasteiger partial charge in [0.15, 0.2) is 0 Å². The second-order valence-corrected chi connectivity index (χ2v) is 4.35. The Labute approximate surface area is 111 Å². The smallest absolute Gasteiger partial charge is 0.127 e. The minimum absolute atomic E-state index is 0.601. The van der Waals surface area contributed by atoms with Crippen molar-refractivity contribution in [1.82, 2.24) is 9.55 Å². The lowest BCUT2D eigenvalue weighted by Gasteiger charge is -2.11. The van der Waals surface area contributed by atoms with Crippen molar-refractivity contribution in [3.05, 3.63) is 55.1 Å². The molecule has 3 aromatic rings. The predicted octanol–water partition coefficient (Wildman–Crippen LogP) is 2.70. The fourth-order valence-electron chi connectivity index (χ4n) is 2.10. The van der Waals surface area contributed by atoms with Gasteiger partial charge in [-0.25, -0.2) is 4.98 Å². The molecule has 0 spiro atoms. The summed E-state index contributed by atoms with van der Waals surface area (Å²) in [6, 6.07) is 11.8. The van der Waals surface area contributed by atoms with Gasteiger partial charge in [-0.15, -0.1) is 0 Å². The van der Waals surface area contributed by atoms with E-state index in [4.69, 9.17) is 10.5 Å². The van der Waals surface area contributed by atoms with Crippen LogP contribution >= 0.6 is 0 Å². The monoisotopic (exact) mass is 253 g/mol. The summed E-state index contributed by atoms with van der Waals surface area (Å²) in [6.07, 6.45) is 5.47. The van der Waals surface area contributed by atoms with E-state index in [1.54, 1.807) is 12.5 Å².